The summed E-state index contributed by atoms with van der Waals surface area (Å²) in [5.74, 6) is -0.741. The van der Waals surface area contributed by atoms with Crippen molar-refractivity contribution in [3.63, 3.8) is 0 Å². The minimum atomic E-state index is -0.607. The first-order chi connectivity index (χ1) is 16.7. The van der Waals surface area contributed by atoms with Gasteiger partial charge in [-0.1, -0.05) is 39.3 Å². The summed E-state index contributed by atoms with van der Waals surface area (Å²) in [6, 6.07) is 15.2. The maximum atomic E-state index is 12.7. The number of carbonyl (C=O) groups is 1. The minimum Gasteiger partial charge on any atom is -0.506 e. The van der Waals surface area contributed by atoms with Crippen molar-refractivity contribution in [2.24, 2.45) is 4.99 Å². The molecule has 1 N–H and O–H groups in total. The van der Waals surface area contributed by atoms with Crippen molar-refractivity contribution < 1.29 is 14.6 Å². The van der Waals surface area contributed by atoms with E-state index in [4.69, 9.17) is 16.3 Å². The van der Waals surface area contributed by atoms with Gasteiger partial charge < -0.3 is 14.4 Å². The van der Waals surface area contributed by atoms with E-state index in [-0.39, 0.29) is 17.9 Å². The van der Waals surface area contributed by atoms with E-state index in [1.54, 1.807) is 31.2 Å². The first-order valence-electron chi connectivity index (χ1n) is 11.0. The first-order valence-corrected chi connectivity index (χ1v) is 13.0. The summed E-state index contributed by atoms with van der Waals surface area (Å²) in [7, 11) is 0. The molecule has 0 fully saturated rings. The number of benzene rings is 2. The van der Waals surface area contributed by atoms with Gasteiger partial charge in [0.2, 0.25) is 0 Å². The van der Waals surface area contributed by atoms with Crippen molar-refractivity contribution in [1.82, 2.24) is 4.57 Å². The number of esters is 1. The molecule has 0 saturated carbocycles. The van der Waals surface area contributed by atoms with Crippen molar-refractivity contribution >= 4 is 62.1 Å². The van der Waals surface area contributed by atoms with Crippen LogP contribution < -0.4 is 0 Å². The number of rotatable bonds is 5. The Balaban J connectivity index is 1.77. The van der Waals surface area contributed by atoms with Gasteiger partial charge in [-0.3, -0.25) is 0 Å². The van der Waals surface area contributed by atoms with Gasteiger partial charge in [0.1, 0.15) is 16.4 Å². The summed E-state index contributed by atoms with van der Waals surface area (Å²) in [6.07, 6.45) is 1.88. The molecular weight excluding hydrogens is 548 g/mol. The quantitative estimate of drug-likeness (QED) is 0.315. The van der Waals surface area contributed by atoms with Crippen molar-refractivity contribution in [3.05, 3.63) is 96.8 Å². The maximum Gasteiger partial charge on any atom is 0.344 e. The van der Waals surface area contributed by atoms with Gasteiger partial charge in [0, 0.05) is 26.6 Å². The van der Waals surface area contributed by atoms with Crippen LogP contribution >= 0.6 is 39.3 Å². The molecule has 1 aliphatic heterocycles. The Kier molecular flexibility index (Phi) is 7.59. The highest BCUT2D eigenvalue weighted by molar-refractivity contribution is 9.10. The smallest absolute Gasteiger partial charge is 0.344 e. The Morgan fingerprint density at radius 2 is 1.89 bits per heavy atom. The fourth-order valence-corrected chi connectivity index (χ4v) is 5.26. The van der Waals surface area contributed by atoms with Crippen LogP contribution in [0.2, 0.25) is 5.02 Å². The molecule has 35 heavy (non-hydrogen) atoms. The Morgan fingerprint density at radius 3 is 2.54 bits per heavy atom. The number of ether oxygens (including phenoxy) is 1. The highest BCUT2D eigenvalue weighted by atomic mass is 79.9. The highest BCUT2D eigenvalue weighted by Gasteiger charge is 2.33. The van der Waals surface area contributed by atoms with Gasteiger partial charge in [-0.2, -0.15) is 0 Å². The van der Waals surface area contributed by atoms with Gasteiger partial charge in [0.05, 0.1) is 17.2 Å². The van der Waals surface area contributed by atoms with Crippen LogP contribution in [0.5, 0.6) is 0 Å². The van der Waals surface area contributed by atoms with Crippen LogP contribution in [0.4, 0.5) is 5.69 Å². The summed E-state index contributed by atoms with van der Waals surface area (Å²) >= 11 is 10.8. The highest BCUT2D eigenvalue weighted by Crippen LogP contribution is 2.41. The van der Waals surface area contributed by atoms with Gasteiger partial charge >= 0.3 is 5.97 Å². The fraction of sp³-hybridized carbons (Fsp3) is 0.185. The number of aliphatic hydroxyl groups excluding tert-OH is 1. The van der Waals surface area contributed by atoms with E-state index in [1.165, 1.54) is 11.8 Å². The van der Waals surface area contributed by atoms with Crippen LogP contribution in [0.15, 0.2) is 74.2 Å². The van der Waals surface area contributed by atoms with E-state index in [0.29, 0.717) is 20.7 Å². The van der Waals surface area contributed by atoms with Gasteiger partial charge in [-0.05, 0) is 93.4 Å². The molecule has 0 bridgehead atoms. The zero-order valence-electron chi connectivity index (χ0n) is 19.7. The molecule has 1 aromatic heterocycles. The lowest BCUT2D eigenvalue weighted by Gasteiger charge is -2.11. The van der Waals surface area contributed by atoms with Crippen LogP contribution in [0.1, 0.15) is 29.4 Å². The Bertz CT molecular complexity index is 1400. The number of nitrogens with zero attached hydrogens (tertiary/aromatic N) is 2. The largest absolute Gasteiger partial charge is 0.506 e. The maximum absolute atomic E-state index is 12.7. The predicted molar refractivity (Wildman–Crippen MR) is 148 cm³/mol. The average Bonchev–Trinajstić information content (AvgIpc) is 3.27. The van der Waals surface area contributed by atoms with E-state index in [0.717, 1.165) is 32.7 Å². The van der Waals surface area contributed by atoms with E-state index < -0.39 is 5.97 Å². The predicted octanol–water partition coefficient (Wildman–Crippen LogP) is 8.01. The Labute approximate surface area is 222 Å². The number of aliphatic imine (C=N–C) groups is 1. The second kappa shape index (κ2) is 10.5. The Hall–Kier alpha value is -2.74. The number of hydrogen-bond acceptors (Lipinski definition) is 5. The molecule has 4 rings (SSSR count). The molecule has 2 heterocycles. The molecular formula is C27H24BrClN2O3S. The van der Waals surface area contributed by atoms with Crippen molar-refractivity contribution in [2.45, 2.75) is 27.7 Å². The van der Waals surface area contributed by atoms with Crippen LogP contribution in [0.25, 0.3) is 11.8 Å². The number of aromatic nitrogens is 1. The normalized spacial score (nSPS) is 15.9. The lowest BCUT2D eigenvalue weighted by molar-refractivity contribution is -0.138. The molecule has 0 saturated heterocycles. The summed E-state index contributed by atoms with van der Waals surface area (Å²) < 4.78 is 8.43. The number of thioether (sulfide) groups is 1. The third-order valence-corrected chi connectivity index (χ3v) is 7.75. The second-order valence-corrected chi connectivity index (χ2v) is 10.4. The number of aryl methyl sites for hydroxylation is 2. The second-order valence-electron chi connectivity index (χ2n) is 8.04. The van der Waals surface area contributed by atoms with Crippen LogP contribution in [-0.4, -0.2) is 27.3 Å². The van der Waals surface area contributed by atoms with Gasteiger partial charge in [-0.15, -0.1) is 0 Å². The average molecular weight is 572 g/mol. The molecule has 0 atom stereocenters. The van der Waals surface area contributed by atoms with Crippen molar-refractivity contribution in [1.29, 1.82) is 0 Å². The SMILES string of the molecule is CCOC(=O)C1=C(O)/C(=C/c2cc(C)n(-c3ccc(Br)c(C)c3)c2C)SC1=Nc1ccc(Cl)cc1. The molecule has 2 aromatic carbocycles. The number of carbonyl (C=O) groups excluding carboxylic acids is 1. The van der Waals surface area contributed by atoms with Crippen LogP contribution in [0.3, 0.4) is 0 Å². The summed E-state index contributed by atoms with van der Waals surface area (Å²) in [5, 5.41) is 12.0. The number of halogens is 2. The summed E-state index contributed by atoms with van der Waals surface area (Å²) in [5.41, 5.74) is 5.90. The summed E-state index contributed by atoms with van der Waals surface area (Å²) in [4.78, 5) is 17.8. The van der Waals surface area contributed by atoms with Gasteiger partial charge in [-0.25, -0.2) is 9.79 Å². The van der Waals surface area contributed by atoms with E-state index in [2.05, 4.69) is 50.6 Å². The molecule has 3 aromatic rings. The lowest BCUT2D eigenvalue weighted by Crippen LogP contribution is -2.12. The van der Waals surface area contributed by atoms with Crippen molar-refractivity contribution in [2.75, 3.05) is 6.61 Å². The van der Waals surface area contributed by atoms with Crippen LogP contribution in [0, 0.1) is 20.8 Å². The van der Waals surface area contributed by atoms with E-state index in [9.17, 15) is 9.90 Å². The molecule has 0 unspecified atom stereocenters. The number of hydrogen-bond donors (Lipinski definition) is 1. The topological polar surface area (TPSA) is 63.8 Å². The van der Waals surface area contributed by atoms with Crippen LogP contribution in [-0.2, 0) is 9.53 Å². The molecule has 1 aliphatic rings. The standard InChI is InChI=1S/C27H24BrClN2O3S/c1-5-34-27(33)24-25(32)23(35-26(24)30-20-8-6-19(29)7-9-20)14-18-13-16(3)31(17(18)4)21-10-11-22(28)15(2)12-21/h6-14,32H,5H2,1-4H3/b23-14-,30-26?. The molecule has 5 nitrogen and oxygen atoms in total. The van der Waals surface area contributed by atoms with Gasteiger partial charge in [0.25, 0.3) is 0 Å². The Morgan fingerprint density at radius 1 is 1.17 bits per heavy atom. The van der Waals surface area contributed by atoms with E-state index >= 15 is 0 Å². The third-order valence-electron chi connectivity index (χ3n) is 5.58. The first kappa shape index (κ1) is 25.4. The lowest BCUT2D eigenvalue weighted by atomic mass is 10.1. The number of aliphatic hydroxyl groups is 1. The molecule has 0 aliphatic carbocycles. The minimum absolute atomic E-state index is 0.0652. The molecule has 0 amide bonds. The monoisotopic (exact) mass is 570 g/mol. The molecule has 8 heteroatoms. The molecule has 0 radical (unpaired) electrons. The van der Waals surface area contributed by atoms with Gasteiger partial charge in [0.15, 0.2) is 0 Å². The van der Waals surface area contributed by atoms with E-state index in [1.807, 2.05) is 26.0 Å². The zero-order chi connectivity index (χ0) is 25.3. The third kappa shape index (κ3) is 5.27. The summed E-state index contributed by atoms with van der Waals surface area (Å²) in [6.45, 7) is 8.05. The molecule has 180 valence electrons. The molecule has 0 spiro atoms. The zero-order valence-corrected chi connectivity index (χ0v) is 22.9. The van der Waals surface area contributed by atoms with Crippen molar-refractivity contribution in [3.8, 4) is 5.69 Å². The fourth-order valence-electron chi connectivity index (χ4n) is 3.86.